The molecule has 0 saturated carbocycles. The maximum atomic E-state index is 12.6. The highest BCUT2D eigenvalue weighted by Gasteiger charge is 2.24. The van der Waals surface area contributed by atoms with Crippen LogP contribution >= 0.6 is 0 Å². The first-order valence-corrected chi connectivity index (χ1v) is 8.73. The maximum absolute atomic E-state index is 12.6. The number of benzene rings is 2. The molecule has 1 atom stereocenters. The number of rotatable bonds is 4. The summed E-state index contributed by atoms with van der Waals surface area (Å²) < 4.78 is 10.9. The fraction of sp³-hybridized carbons (Fsp3) is 0.190. The summed E-state index contributed by atoms with van der Waals surface area (Å²) in [6, 6.07) is 15.2. The van der Waals surface area contributed by atoms with Crippen LogP contribution in [-0.4, -0.2) is 29.6 Å². The molecule has 2 aromatic carbocycles. The summed E-state index contributed by atoms with van der Waals surface area (Å²) in [4.78, 5) is 21.3. The lowest BCUT2D eigenvalue weighted by Crippen LogP contribution is -2.32. The maximum Gasteiger partial charge on any atom is 0.254 e. The average molecular weight is 361 g/mol. The zero-order valence-electron chi connectivity index (χ0n) is 14.9. The lowest BCUT2D eigenvalue weighted by molar-refractivity contribution is 0.0924. The molecule has 3 aromatic rings. The van der Waals surface area contributed by atoms with Crippen LogP contribution in [0.25, 0.3) is 11.4 Å². The Kier molecular flexibility index (Phi) is 4.70. The highest BCUT2D eigenvalue weighted by Crippen LogP contribution is 2.34. The molecule has 1 aromatic heterocycles. The minimum absolute atomic E-state index is 0.124. The number of hydrogen-bond acceptors (Lipinski definition) is 5. The van der Waals surface area contributed by atoms with Crippen LogP contribution < -0.4 is 14.8 Å². The van der Waals surface area contributed by atoms with Crippen molar-refractivity contribution in [3.05, 3.63) is 72.1 Å². The van der Waals surface area contributed by atoms with Gasteiger partial charge in [-0.15, -0.1) is 0 Å². The van der Waals surface area contributed by atoms with Gasteiger partial charge in [-0.3, -0.25) is 4.79 Å². The molecule has 27 heavy (non-hydrogen) atoms. The van der Waals surface area contributed by atoms with Gasteiger partial charge in [0.25, 0.3) is 5.91 Å². The Hall–Kier alpha value is -3.41. The number of carbonyl (C=O) groups excluding carboxylic acids is 1. The lowest BCUT2D eigenvalue weighted by Gasteiger charge is -2.27. The van der Waals surface area contributed by atoms with Gasteiger partial charge < -0.3 is 14.8 Å². The summed E-state index contributed by atoms with van der Waals surface area (Å²) in [5.41, 5.74) is 2.28. The van der Waals surface area contributed by atoms with Crippen LogP contribution in [-0.2, 0) is 0 Å². The predicted octanol–water partition coefficient (Wildman–Crippen LogP) is 3.41. The van der Waals surface area contributed by atoms with E-state index in [9.17, 15) is 4.79 Å². The van der Waals surface area contributed by atoms with E-state index in [0.717, 1.165) is 22.6 Å². The Morgan fingerprint density at radius 2 is 1.93 bits per heavy atom. The van der Waals surface area contributed by atoms with Crippen molar-refractivity contribution in [2.24, 2.45) is 0 Å². The van der Waals surface area contributed by atoms with E-state index in [1.54, 1.807) is 19.5 Å². The number of aromatic nitrogens is 2. The zero-order valence-corrected chi connectivity index (χ0v) is 14.9. The van der Waals surface area contributed by atoms with E-state index in [2.05, 4.69) is 15.3 Å². The first-order valence-electron chi connectivity index (χ1n) is 8.73. The third-order valence-corrected chi connectivity index (χ3v) is 4.51. The highest BCUT2D eigenvalue weighted by atomic mass is 16.5. The molecule has 0 bridgehead atoms. The van der Waals surface area contributed by atoms with Gasteiger partial charge >= 0.3 is 0 Å². The second-order valence-corrected chi connectivity index (χ2v) is 6.23. The second-order valence-electron chi connectivity index (χ2n) is 6.23. The van der Waals surface area contributed by atoms with Gasteiger partial charge in [0.05, 0.1) is 25.3 Å². The summed E-state index contributed by atoms with van der Waals surface area (Å²) in [6.45, 7) is 0.536. The molecular formula is C21H19N3O3. The average Bonchev–Trinajstić information content (AvgIpc) is 2.74. The zero-order chi connectivity index (χ0) is 18.6. The summed E-state index contributed by atoms with van der Waals surface area (Å²) in [5.74, 6) is 1.85. The fourth-order valence-corrected chi connectivity index (χ4v) is 3.07. The van der Waals surface area contributed by atoms with Crippen molar-refractivity contribution in [2.75, 3.05) is 13.7 Å². The SMILES string of the molecule is COc1ccc2c(c1)OCCC2NC(=O)c1cnc(-c2ccccc2)nc1. The number of nitrogens with zero attached hydrogens (tertiary/aromatic N) is 2. The summed E-state index contributed by atoms with van der Waals surface area (Å²) in [7, 11) is 1.61. The minimum atomic E-state index is -0.205. The number of fused-ring (bicyclic) bond motifs is 1. The molecule has 1 N–H and O–H groups in total. The van der Waals surface area contributed by atoms with Crippen LogP contribution in [0.4, 0.5) is 0 Å². The van der Waals surface area contributed by atoms with E-state index in [0.29, 0.717) is 24.4 Å². The van der Waals surface area contributed by atoms with Gasteiger partial charge in [-0.25, -0.2) is 9.97 Å². The van der Waals surface area contributed by atoms with Crippen molar-refractivity contribution in [2.45, 2.75) is 12.5 Å². The summed E-state index contributed by atoms with van der Waals surface area (Å²) in [5, 5.41) is 3.05. The van der Waals surface area contributed by atoms with E-state index in [1.807, 2.05) is 48.5 Å². The smallest absolute Gasteiger partial charge is 0.254 e. The normalized spacial score (nSPS) is 15.4. The van der Waals surface area contributed by atoms with Gasteiger partial charge in [0.2, 0.25) is 0 Å². The minimum Gasteiger partial charge on any atom is -0.497 e. The van der Waals surface area contributed by atoms with Crippen molar-refractivity contribution in [1.82, 2.24) is 15.3 Å². The first kappa shape index (κ1) is 17.0. The Bertz CT molecular complexity index is 943. The molecule has 6 nitrogen and oxygen atoms in total. The first-order chi connectivity index (χ1) is 13.2. The van der Waals surface area contributed by atoms with Crippen molar-refractivity contribution in [3.63, 3.8) is 0 Å². The van der Waals surface area contributed by atoms with Gasteiger partial charge in [0.15, 0.2) is 5.82 Å². The van der Waals surface area contributed by atoms with Gasteiger partial charge in [-0.1, -0.05) is 30.3 Å². The number of nitrogens with one attached hydrogen (secondary N) is 1. The van der Waals surface area contributed by atoms with Crippen LogP contribution in [0.2, 0.25) is 0 Å². The van der Waals surface area contributed by atoms with Crippen LogP contribution in [0.5, 0.6) is 11.5 Å². The van der Waals surface area contributed by atoms with Crippen LogP contribution in [0, 0.1) is 0 Å². The second kappa shape index (κ2) is 7.45. The number of amides is 1. The Labute approximate surface area is 157 Å². The fourth-order valence-electron chi connectivity index (χ4n) is 3.07. The van der Waals surface area contributed by atoms with Crippen molar-refractivity contribution < 1.29 is 14.3 Å². The topological polar surface area (TPSA) is 73.3 Å². The number of ether oxygens (including phenoxy) is 2. The summed E-state index contributed by atoms with van der Waals surface area (Å²) in [6.07, 6.45) is 3.81. The molecule has 0 radical (unpaired) electrons. The lowest BCUT2D eigenvalue weighted by atomic mass is 10.00. The number of methoxy groups -OCH3 is 1. The van der Waals surface area contributed by atoms with E-state index in [4.69, 9.17) is 9.47 Å². The van der Waals surface area contributed by atoms with E-state index in [-0.39, 0.29) is 11.9 Å². The van der Waals surface area contributed by atoms with Crippen LogP contribution in [0.15, 0.2) is 60.9 Å². The molecular weight excluding hydrogens is 342 g/mol. The van der Waals surface area contributed by atoms with Crippen molar-refractivity contribution in [1.29, 1.82) is 0 Å². The number of hydrogen-bond donors (Lipinski definition) is 1. The molecule has 0 saturated heterocycles. The monoisotopic (exact) mass is 361 g/mol. The van der Waals surface area contributed by atoms with E-state index in [1.165, 1.54) is 0 Å². The van der Waals surface area contributed by atoms with Gasteiger partial charge in [0, 0.05) is 36.0 Å². The molecule has 136 valence electrons. The highest BCUT2D eigenvalue weighted by molar-refractivity contribution is 5.94. The molecule has 0 spiro atoms. The standard InChI is InChI=1S/C21H19N3O3/c1-26-16-7-8-17-18(9-10-27-19(17)11-16)24-21(25)15-12-22-20(23-13-15)14-5-3-2-4-6-14/h2-8,11-13,18H,9-10H2,1H3,(H,24,25). The molecule has 1 aliphatic rings. The Morgan fingerprint density at radius 1 is 1.15 bits per heavy atom. The molecule has 1 aliphatic heterocycles. The largest absolute Gasteiger partial charge is 0.497 e. The van der Waals surface area contributed by atoms with Gasteiger partial charge in [-0.05, 0) is 12.1 Å². The van der Waals surface area contributed by atoms with E-state index < -0.39 is 0 Å². The molecule has 1 amide bonds. The third kappa shape index (κ3) is 3.60. The van der Waals surface area contributed by atoms with Gasteiger partial charge in [-0.2, -0.15) is 0 Å². The van der Waals surface area contributed by atoms with Gasteiger partial charge in [0.1, 0.15) is 11.5 Å². The quantitative estimate of drug-likeness (QED) is 0.771. The molecule has 0 fully saturated rings. The Balaban J connectivity index is 1.50. The summed E-state index contributed by atoms with van der Waals surface area (Å²) >= 11 is 0. The molecule has 0 aliphatic carbocycles. The molecule has 6 heteroatoms. The van der Waals surface area contributed by atoms with Crippen molar-refractivity contribution in [3.8, 4) is 22.9 Å². The molecule has 2 heterocycles. The molecule has 4 rings (SSSR count). The Morgan fingerprint density at radius 3 is 2.67 bits per heavy atom. The van der Waals surface area contributed by atoms with Crippen molar-refractivity contribution >= 4 is 5.91 Å². The number of carbonyl (C=O) groups is 1. The van der Waals surface area contributed by atoms with Crippen LogP contribution in [0.3, 0.4) is 0 Å². The van der Waals surface area contributed by atoms with Crippen LogP contribution in [0.1, 0.15) is 28.4 Å². The van der Waals surface area contributed by atoms with E-state index >= 15 is 0 Å². The third-order valence-electron chi connectivity index (χ3n) is 4.51. The predicted molar refractivity (Wildman–Crippen MR) is 101 cm³/mol. The molecule has 1 unspecified atom stereocenters.